The summed E-state index contributed by atoms with van der Waals surface area (Å²) in [4.78, 5) is 17.0. The van der Waals surface area contributed by atoms with E-state index in [0.29, 0.717) is 5.56 Å². The predicted molar refractivity (Wildman–Crippen MR) is 88.8 cm³/mol. The number of anilines is 1. The molecule has 0 aliphatic heterocycles. The molecule has 118 valence electrons. The van der Waals surface area contributed by atoms with Crippen molar-refractivity contribution in [3.05, 3.63) is 23.4 Å². The first kappa shape index (κ1) is 17.5. The Morgan fingerprint density at radius 1 is 1.14 bits per heavy atom. The van der Waals surface area contributed by atoms with Crippen molar-refractivity contribution in [1.82, 2.24) is 10.3 Å². The molecule has 0 aromatic carbocycles. The maximum atomic E-state index is 12.4. The average molecular weight is 291 g/mol. The lowest BCUT2D eigenvalue weighted by Crippen LogP contribution is -2.34. The van der Waals surface area contributed by atoms with E-state index in [1.807, 2.05) is 12.1 Å². The minimum Gasteiger partial charge on any atom is -0.370 e. The Labute approximate surface area is 128 Å². The molecule has 2 N–H and O–H groups in total. The molecule has 0 bridgehead atoms. The van der Waals surface area contributed by atoms with Crippen LogP contribution in [-0.2, 0) is 6.42 Å². The molecule has 0 saturated heterocycles. The molecule has 0 saturated carbocycles. The summed E-state index contributed by atoms with van der Waals surface area (Å²) in [7, 11) is 0. The van der Waals surface area contributed by atoms with Gasteiger partial charge in [0, 0.05) is 23.8 Å². The fourth-order valence-electron chi connectivity index (χ4n) is 2.21. The summed E-state index contributed by atoms with van der Waals surface area (Å²) in [6.45, 7) is 9.30. The van der Waals surface area contributed by atoms with Gasteiger partial charge in [0.2, 0.25) is 0 Å². The van der Waals surface area contributed by atoms with Gasteiger partial charge in [-0.25, -0.2) is 4.98 Å². The van der Waals surface area contributed by atoms with Gasteiger partial charge in [0.25, 0.3) is 5.91 Å². The molecule has 0 atom stereocenters. The van der Waals surface area contributed by atoms with Gasteiger partial charge in [-0.15, -0.1) is 0 Å². The Kier molecular flexibility index (Phi) is 7.80. The van der Waals surface area contributed by atoms with Gasteiger partial charge in [0.15, 0.2) is 0 Å². The third-order valence-corrected chi connectivity index (χ3v) is 3.52. The molecule has 1 amide bonds. The number of carbonyl (C=O) groups excluding carboxylic acids is 1. The van der Waals surface area contributed by atoms with Crippen molar-refractivity contribution in [2.45, 2.75) is 65.8 Å². The lowest BCUT2D eigenvalue weighted by Gasteiger charge is -2.16. The van der Waals surface area contributed by atoms with Gasteiger partial charge in [0.05, 0.1) is 0 Å². The smallest absolute Gasteiger partial charge is 0.251 e. The van der Waals surface area contributed by atoms with Crippen molar-refractivity contribution >= 4 is 11.7 Å². The molecule has 0 aliphatic rings. The second-order valence-electron chi connectivity index (χ2n) is 5.40. The van der Waals surface area contributed by atoms with E-state index < -0.39 is 0 Å². The highest BCUT2D eigenvalue weighted by atomic mass is 16.1. The number of amides is 1. The van der Waals surface area contributed by atoms with Gasteiger partial charge in [-0.2, -0.15) is 0 Å². The van der Waals surface area contributed by atoms with Crippen molar-refractivity contribution in [1.29, 1.82) is 0 Å². The number of aryl methyl sites for hydroxylation is 1. The second-order valence-corrected chi connectivity index (χ2v) is 5.40. The fourth-order valence-corrected chi connectivity index (χ4v) is 2.21. The summed E-state index contributed by atoms with van der Waals surface area (Å²) in [6.07, 6.45) is 4.87. The van der Waals surface area contributed by atoms with E-state index in [1.165, 1.54) is 0 Å². The van der Waals surface area contributed by atoms with E-state index in [2.05, 4.69) is 43.3 Å². The third-order valence-electron chi connectivity index (χ3n) is 3.52. The molecule has 0 fully saturated rings. The topological polar surface area (TPSA) is 54.0 Å². The number of nitrogens with zero attached hydrogens (tertiary/aromatic N) is 1. The van der Waals surface area contributed by atoms with Crippen LogP contribution in [0.1, 0.15) is 69.4 Å². The Balaban J connectivity index is 2.92. The van der Waals surface area contributed by atoms with E-state index in [0.717, 1.165) is 50.2 Å². The zero-order valence-corrected chi connectivity index (χ0v) is 13.8. The Bertz CT molecular complexity index is 442. The Morgan fingerprint density at radius 3 is 2.43 bits per heavy atom. The number of hydrogen-bond acceptors (Lipinski definition) is 3. The third kappa shape index (κ3) is 5.74. The van der Waals surface area contributed by atoms with Crippen LogP contribution in [0.4, 0.5) is 5.82 Å². The number of carbonyl (C=O) groups is 1. The van der Waals surface area contributed by atoms with Gasteiger partial charge in [-0.3, -0.25) is 4.79 Å². The van der Waals surface area contributed by atoms with E-state index in [1.54, 1.807) is 0 Å². The van der Waals surface area contributed by atoms with Crippen LogP contribution in [0, 0.1) is 0 Å². The van der Waals surface area contributed by atoms with Crippen molar-refractivity contribution < 1.29 is 4.79 Å². The average Bonchev–Trinajstić information content (AvgIpc) is 2.50. The molecular weight excluding hydrogens is 262 g/mol. The highest BCUT2D eigenvalue weighted by Gasteiger charge is 2.13. The van der Waals surface area contributed by atoms with Crippen LogP contribution in [0.5, 0.6) is 0 Å². The molecule has 4 nitrogen and oxygen atoms in total. The zero-order chi connectivity index (χ0) is 15.7. The van der Waals surface area contributed by atoms with Crippen LogP contribution in [-0.4, -0.2) is 23.5 Å². The summed E-state index contributed by atoms with van der Waals surface area (Å²) < 4.78 is 0. The first-order chi connectivity index (χ1) is 10.1. The van der Waals surface area contributed by atoms with Crippen molar-refractivity contribution in [2.24, 2.45) is 0 Å². The van der Waals surface area contributed by atoms with E-state index in [-0.39, 0.29) is 11.9 Å². The highest BCUT2D eigenvalue weighted by Crippen LogP contribution is 2.13. The van der Waals surface area contributed by atoms with Crippen LogP contribution in [0.3, 0.4) is 0 Å². The molecular formula is C17H29N3O. The number of hydrogen-bond donors (Lipinski definition) is 2. The van der Waals surface area contributed by atoms with Crippen molar-refractivity contribution in [3.8, 4) is 0 Å². The largest absolute Gasteiger partial charge is 0.370 e. The Morgan fingerprint density at radius 2 is 1.86 bits per heavy atom. The fraction of sp³-hybridized carbons (Fsp3) is 0.647. The minimum absolute atomic E-state index is 0.00278. The van der Waals surface area contributed by atoms with Crippen LogP contribution < -0.4 is 10.6 Å². The monoisotopic (exact) mass is 291 g/mol. The lowest BCUT2D eigenvalue weighted by atomic mass is 10.1. The van der Waals surface area contributed by atoms with Crippen molar-refractivity contribution in [3.63, 3.8) is 0 Å². The molecule has 1 aromatic rings. The van der Waals surface area contributed by atoms with Gasteiger partial charge >= 0.3 is 0 Å². The highest BCUT2D eigenvalue weighted by molar-refractivity contribution is 5.95. The molecule has 21 heavy (non-hydrogen) atoms. The van der Waals surface area contributed by atoms with Crippen LogP contribution in [0.2, 0.25) is 0 Å². The van der Waals surface area contributed by atoms with Gasteiger partial charge in [0.1, 0.15) is 5.82 Å². The SMILES string of the molecule is CCCNc1cc(C(=O)NC(CC)CC)cc(CCC)n1. The quantitative estimate of drug-likeness (QED) is 0.728. The maximum absolute atomic E-state index is 12.4. The first-order valence-corrected chi connectivity index (χ1v) is 8.20. The molecule has 1 aromatic heterocycles. The number of nitrogens with one attached hydrogen (secondary N) is 2. The molecule has 1 rings (SSSR count). The summed E-state index contributed by atoms with van der Waals surface area (Å²) >= 11 is 0. The van der Waals surface area contributed by atoms with Crippen LogP contribution in [0.25, 0.3) is 0 Å². The first-order valence-electron chi connectivity index (χ1n) is 8.20. The van der Waals surface area contributed by atoms with Crippen LogP contribution in [0.15, 0.2) is 12.1 Å². The maximum Gasteiger partial charge on any atom is 0.251 e. The molecule has 0 radical (unpaired) electrons. The molecule has 0 aliphatic carbocycles. The molecule has 4 heteroatoms. The van der Waals surface area contributed by atoms with E-state index in [9.17, 15) is 4.79 Å². The summed E-state index contributed by atoms with van der Waals surface area (Å²) in [6, 6.07) is 4.01. The van der Waals surface area contributed by atoms with Crippen molar-refractivity contribution in [2.75, 3.05) is 11.9 Å². The van der Waals surface area contributed by atoms with E-state index >= 15 is 0 Å². The zero-order valence-electron chi connectivity index (χ0n) is 13.8. The standard InChI is InChI=1S/C17H29N3O/c1-5-9-15-11-13(12-16(19-15)18-10-6-2)17(21)20-14(7-3)8-4/h11-12,14H,5-10H2,1-4H3,(H,18,19)(H,20,21). The molecule has 1 heterocycles. The molecule has 0 unspecified atom stereocenters. The number of aromatic nitrogens is 1. The van der Waals surface area contributed by atoms with Gasteiger partial charge < -0.3 is 10.6 Å². The normalized spacial score (nSPS) is 10.7. The summed E-state index contributed by atoms with van der Waals surface area (Å²) in [5, 5.41) is 6.37. The summed E-state index contributed by atoms with van der Waals surface area (Å²) in [5.74, 6) is 0.806. The Hall–Kier alpha value is -1.58. The van der Waals surface area contributed by atoms with Crippen LogP contribution >= 0.6 is 0 Å². The van der Waals surface area contributed by atoms with E-state index in [4.69, 9.17) is 0 Å². The number of pyridine rings is 1. The lowest BCUT2D eigenvalue weighted by molar-refractivity contribution is 0.0934. The van der Waals surface area contributed by atoms with Gasteiger partial charge in [-0.05, 0) is 37.8 Å². The predicted octanol–water partition coefficient (Wildman–Crippen LogP) is 3.77. The van der Waals surface area contributed by atoms with Gasteiger partial charge in [-0.1, -0.05) is 34.1 Å². The minimum atomic E-state index is 0.00278. The molecule has 0 spiro atoms. The number of rotatable bonds is 9. The second kappa shape index (κ2) is 9.37. The summed E-state index contributed by atoms with van der Waals surface area (Å²) in [5.41, 5.74) is 1.69.